The second-order valence-electron chi connectivity index (χ2n) is 16.5. The van der Waals surface area contributed by atoms with Crippen molar-refractivity contribution in [3.05, 3.63) is 10.4 Å². The van der Waals surface area contributed by atoms with Crippen molar-refractivity contribution in [2.45, 2.75) is 119 Å². The van der Waals surface area contributed by atoms with Crippen LogP contribution >= 0.6 is 11.8 Å². The number of urea groups is 1. The van der Waals surface area contributed by atoms with Crippen molar-refractivity contribution in [2.75, 3.05) is 98.8 Å². The SMILES string of the molecule is CN(C)CCCC[C@H](NC(=O)CN=[N+]=[N-])C(=O)NCC(=O)N[C@@H](CC(=O)O)C(=O)NCCCCCC(=O)NCCCOCCOCCOCCCNC(=O)CCCC[C@@H]1SC[C@@H]2NC(=O)N[C@@H]21. The zero-order valence-corrected chi connectivity index (χ0v) is 39.9. The predicted octanol–water partition coefficient (Wildman–Crippen LogP) is 0.0539. The average Bonchev–Trinajstić information content (AvgIpc) is 3.85. The number of fused-ring (bicyclic) bond motifs is 1. The van der Waals surface area contributed by atoms with E-state index in [2.05, 4.69) is 52.6 Å². The van der Waals surface area contributed by atoms with E-state index in [1.165, 1.54) is 0 Å². The largest absolute Gasteiger partial charge is 0.481 e. The Balaban J connectivity index is 1.42. The standard InChI is InChI=1S/C42H74N12O12S/c1-54(2)19-9-7-12-30(49-37(58)28-48-53-43)40(61)47-27-36(57)50-31(26-38(59)60)41(62)46-16-8-3-4-14-34(55)44-17-10-20-64-22-24-66-25-23-65-21-11-18-45-35(56)15-6-5-13-33-39-32(29-67-33)51-42(63)52-39/h30-33,39H,3-29H2,1-2H3,(H,44,55)(H,45,56)(H,46,62)(H,47,61)(H,49,58)(H,50,57)(H,59,60)(H2,51,52,63)/t30-,31-,32-,33-,39-/m0/s1. The van der Waals surface area contributed by atoms with E-state index in [0.29, 0.717) is 109 Å². The number of rotatable bonds is 40. The molecule has 2 fully saturated rings. The lowest BCUT2D eigenvalue weighted by molar-refractivity contribution is -0.140. The van der Waals surface area contributed by atoms with E-state index in [1.54, 1.807) is 0 Å². The van der Waals surface area contributed by atoms with Gasteiger partial charge in [0.25, 0.3) is 0 Å². The number of thioether (sulfide) groups is 1. The van der Waals surface area contributed by atoms with Crippen LogP contribution < -0.4 is 42.5 Å². The van der Waals surface area contributed by atoms with Gasteiger partial charge in [0, 0.05) is 61.6 Å². The average molecular weight is 971 g/mol. The number of carbonyl (C=O) groups excluding carboxylic acids is 7. The number of nitrogens with zero attached hydrogens (tertiary/aromatic N) is 4. The number of amides is 8. The molecule has 0 spiro atoms. The second-order valence-corrected chi connectivity index (χ2v) is 17.7. The Bertz CT molecular complexity index is 1590. The Morgan fingerprint density at radius 2 is 1.33 bits per heavy atom. The lowest BCUT2D eigenvalue weighted by Gasteiger charge is -2.20. The third-order valence-electron chi connectivity index (χ3n) is 10.5. The zero-order chi connectivity index (χ0) is 49.1. The van der Waals surface area contributed by atoms with E-state index in [9.17, 15) is 43.5 Å². The molecule has 5 atom stereocenters. The normalized spacial score (nSPS) is 16.9. The number of hydrogen-bond acceptors (Lipinski definition) is 14. The molecule has 0 unspecified atom stereocenters. The summed E-state index contributed by atoms with van der Waals surface area (Å²) < 4.78 is 16.6. The van der Waals surface area contributed by atoms with Crippen molar-refractivity contribution in [1.29, 1.82) is 0 Å². The maximum atomic E-state index is 12.8. The molecule has 8 amide bonds. The highest BCUT2D eigenvalue weighted by Crippen LogP contribution is 2.33. The number of carboxylic acids is 1. The minimum Gasteiger partial charge on any atom is -0.481 e. The van der Waals surface area contributed by atoms with E-state index < -0.39 is 61.2 Å². The first-order valence-electron chi connectivity index (χ1n) is 23.3. The van der Waals surface area contributed by atoms with E-state index >= 15 is 0 Å². The molecular formula is C42H74N12O12S. The minimum atomic E-state index is -1.40. The zero-order valence-electron chi connectivity index (χ0n) is 39.1. The fourth-order valence-corrected chi connectivity index (χ4v) is 8.56. The third kappa shape index (κ3) is 28.8. The molecule has 9 N–H and O–H groups in total. The number of azide groups is 1. The van der Waals surface area contributed by atoms with Gasteiger partial charge in [0.2, 0.25) is 35.4 Å². The maximum absolute atomic E-state index is 12.8. The number of carboxylic acid groups (broad SMARTS) is 1. The molecule has 2 aliphatic rings. The van der Waals surface area contributed by atoms with Crippen molar-refractivity contribution in [2.24, 2.45) is 5.11 Å². The van der Waals surface area contributed by atoms with E-state index in [0.717, 1.165) is 38.0 Å². The molecule has 2 aliphatic heterocycles. The molecule has 0 radical (unpaired) electrons. The van der Waals surface area contributed by atoms with Gasteiger partial charge in [-0.3, -0.25) is 33.6 Å². The minimum absolute atomic E-state index is 0.0430. The smallest absolute Gasteiger partial charge is 0.315 e. The maximum Gasteiger partial charge on any atom is 0.315 e. The topological polar surface area (TPSA) is 333 Å². The van der Waals surface area contributed by atoms with E-state index in [4.69, 9.17) is 19.7 Å². The lowest BCUT2D eigenvalue weighted by atomic mass is 10.0. The van der Waals surface area contributed by atoms with E-state index in [-0.39, 0.29) is 42.9 Å². The summed E-state index contributed by atoms with van der Waals surface area (Å²) in [4.78, 5) is 102. The first-order valence-corrected chi connectivity index (χ1v) is 24.3. The molecule has 0 bridgehead atoms. The lowest BCUT2D eigenvalue weighted by Crippen LogP contribution is -2.53. The summed E-state index contributed by atoms with van der Waals surface area (Å²) in [5.41, 5.74) is 8.47. The summed E-state index contributed by atoms with van der Waals surface area (Å²) in [6.07, 6.45) is 7.47. The van der Waals surface area contributed by atoms with Crippen LogP contribution in [-0.4, -0.2) is 186 Å². The first kappa shape index (κ1) is 58.2. The van der Waals surface area contributed by atoms with Crippen LogP contribution in [0.25, 0.3) is 10.4 Å². The summed E-state index contributed by atoms with van der Waals surface area (Å²) in [5, 5.41) is 34.4. The molecule has 0 aromatic carbocycles. The summed E-state index contributed by atoms with van der Waals surface area (Å²) in [6.45, 7) is 3.55. The summed E-state index contributed by atoms with van der Waals surface area (Å²) in [7, 11) is 3.80. The summed E-state index contributed by atoms with van der Waals surface area (Å²) in [5.74, 6) is -3.31. The molecule has 0 saturated carbocycles. The fourth-order valence-electron chi connectivity index (χ4n) is 7.02. The predicted molar refractivity (Wildman–Crippen MR) is 249 cm³/mol. The summed E-state index contributed by atoms with van der Waals surface area (Å²) in [6, 6.07) is -2.07. The van der Waals surface area contributed by atoms with Crippen LogP contribution in [0.15, 0.2) is 5.11 Å². The van der Waals surface area contributed by atoms with Gasteiger partial charge in [-0.1, -0.05) is 18.0 Å². The van der Waals surface area contributed by atoms with Crippen LogP contribution in [0.4, 0.5) is 4.79 Å². The number of aliphatic carboxylic acids is 1. The first-order chi connectivity index (χ1) is 32.3. The van der Waals surface area contributed by atoms with Gasteiger partial charge >= 0.3 is 12.0 Å². The highest BCUT2D eigenvalue weighted by molar-refractivity contribution is 8.00. The Kier molecular flexibility index (Phi) is 31.4. The van der Waals surface area contributed by atoms with Crippen molar-refractivity contribution in [3.8, 4) is 0 Å². The van der Waals surface area contributed by atoms with Crippen molar-refractivity contribution in [1.82, 2.24) is 47.4 Å². The van der Waals surface area contributed by atoms with Crippen LogP contribution in [0.1, 0.15) is 89.9 Å². The quantitative estimate of drug-likeness (QED) is 0.0129. The fraction of sp³-hybridized carbons (Fsp3) is 0.810. The molecular weight excluding hydrogens is 897 g/mol. The van der Waals surface area contributed by atoms with Crippen molar-refractivity contribution >= 4 is 59.2 Å². The third-order valence-corrected chi connectivity index (χ3v) is 12.0. The van der Waals surface area contributed by atoms with Gasteiger partial charge in [0.05, 0.1) is 51.5 Å². The molecule has 24 nitrogen and oxygen atoms in total. The highest BCUT2D eigenvalue weighted by Gasteiger charge is 2.42. The van der Waals surface area contributed by atoms with Crippen LogP contribution in [0.5, 0.6) is 0 Å². The number of hydrogen-bond donors (Lipinski definition) is 9. The molecule has 0 aliphatic carbocycles. The van der Waals surface area contributed by atoms with Crippen LogP contribution in [0.3, 0.4) is 0 Å². The van der Waals surface area contributed by atoms with E-state index in [1.807, 2.05) is 30.8 Å². The molecule has 2 heterocycles. The summed E-state index contributed by atoms with van der Waals surface area (Å²) >= 11 is 1.88. The van der Waals surface area contributed by atoms with Crippen LogP contribution in [0.2, 0.25) is 0 Å². The van der Waals surface area contributed by atoms with Gasteiger partial charge < -0.3 is 66.8 Å². The van der Waals surface area contributed by atoms with Gasteiger partial charge in [-0.05, 0) is 84.0 Å². The van der Waals surface area contributed by atoms with Gasteiger partial charge in [-0.25, -0.2) is 4.79 Å². The van der Waals surface area contributed by atoms with Crippen molar-refractivity contribution in [3.63, 3.8) is 0 Å². The van der Waals surface area contributed by atoms with Gasteiger partial charge in [-0.15, -0.1) is 0 Å². The van der Waals surface area contributed by atoms with Crippen molar-refractivity contribution < 1.29 is 57.7 Å². The molecule has 25 heteroatoms. The Hall–Kier alpha value is -4.94. The molecule has 380 valence electrons. The second kappa shape index (κ2) is 36.1. The Morgan fingerprint density at radius 3 is 1.96 bits per heavy atom. The Morgan fingerprint density at radius 1 is 0.731 bits per heavy atom. The number of ether oxygens (including phenoxy) is 3. The van der Waals surface area contributed by atoms with Gasteiger partial charge in [-0.2, -0.15) is 11.8 Å². The number of nitrogens with one attached hydrogen (secondary N) is 8. The molecule has 2 rings (SSSR count). The Labute approximate surface area is 397 Å². The van der Waals surface area contributed by atoms with Crippen LogP contribution in [0, 0.1) is 0 Å². The van der Waals surface area contributed by atoms with Gasteiger partial charge in [0.15, 0.2) is 0 Å². The molecule has 0 aromatic rings. The monoisotopic (exact) mass is 971 g/mol. The highest BCUT2D eigenvalue weighted by atomic mass is 32.2. The van der Waals surface area contributed by atoms with Crippen LogP contribution in [-0.2, 0) is 47.8 Å². The van der Waals surface area contributed by atoms with Gasteiger partial charge in [0.1, 0.15) is 18.6 Å². The number of unbranched alkanes of at least 4 members (excludes halogenated alkanes) is 4. The number of carbonyl (C=O) groups is 8. The molecule has 0 aromatic heterocycles. The molecule has 2 saturated heterocycles. The molecule has 67 heavy (non-hydrogen) atoms.